The van der Waals surface area contributed by atoms with E-state index < -0.39 is 11.6 Å². The molecule has 1 heterocycles. The summed E-state index contributed by atoms with van der Waals surface area (Å²) in [5.41, 5.74) is -0.253. The first-order chi connectivity index (χ1) is 10.9. The van der Waals surface area contributed by atoms with Crippen LogP contribution in [0.3, 0.4) is 0 Å². The Morgan fingerprint density at radius 3 is 2.61 bits per heavy atom. The van der Waals surface area contributed by atoms with Gasteiger partial charge in [0.25, 0.3) is 11.9 Å². The van der Waals surface area contributed by atoms with Gasteiger partial charge in [-0.25, -0.2) is 0 Å². The van der Waals surface area contributed by atoms with Crippen LogP contribution in [0.4, 0.5) is 5.95 Å². The minimum atomic E-state index is -0.843. The van der Waals surface area contributed by atoms with Crippen LogP contribution >= 0.6 is 27.5 Å². The van der Waals surface area contributed by atoms with E-state index in [-0.39, 0.29) is 22.5 Å². The second-order valence-electron chi connectivity index (χ2n) is 5.11. The van der Waals surface area contributed by atoms with E-state index in [1.807, 2.05) is 0 Å². The summed E-state index contributed by atoms with van der Waals surface area (Å²) >= 11 is 9.64. The van der Waals surface area contributed by atoms with Crippen LogP contribution in [0.15, 0.2) is 10.6 Å². The molecule has 9 nitrogen and oxygen atoms in total. The van der Waals surface area contributed by atoms with Gasteiger partial charge in [0, 0.05) is 10.4 Å². The van der Waals surface area contributed by atoms with Gasteiger partial charge in [-0.2, -0.15) is 0 Å². The number of carbonyl (C=O) groups excluding carboxylic acids is 2. The SMILES string of the molecule is N=C(C(=O)Nc1nnnn1N)/C(Cl)=C(\C=O)C1CCC(Br)CC1. The number of aldehydes is 1. The highest BCUT2D eigenvalue weighted by Crippen LogP contribution is 2.34. The first-order valence-corrected chi connectivity index (χ1v) is 8.16. The number of tetrazole rings is 1. The van der Waals surface area contributed by atoms with Crippen LogP contribution in [0, 0.1) is 11.3 Å². The van der Waals surface area contributed by atoms with E-state index in [1.54, 1.807) is 0 Å². The predicted molar refractivity (Wildman–Crippen MR) is 87.9 cm³/mol. The fourth-order valence-electron chi connectivity index (χ4n) is 2.37. The van der Waals surface area contributed by atoms with Crippen LogP contribution in [0.5, 0.6) is 0 Å². The average molecular weight is 405 g/mol. The Labute approximate surface area is 145 Å². The van der Waals surface area contributed by atoms with Crippen LogP contribution in [0.2, 0.25) is 0 Å². The fourth-order valence-corrected chi connectivity index (χ4v) is 3.19. The second-order valence-corrected chi connectivity index (χ2v) is 6.79. The molecule has 0 saturated heterocycles. The molecular formula is C12H15BrClN7O2. The van der Waals surface area contributed by atoms with Crippen molar-refractivity contribution in [1.82, 2.24) is 20.3 Å². The van der Waals surface area contributed by atoms with Crippen LogP contribution < -0.4 is 11.2 Å². The highest BCUT2D eigenvalue weighted by molar-refractivity contribution is 9.09. The molecule has 0 atom stereocenters. The van der Waals surface area contributed by atoms with Gasteiger partial charge in [-0.3, -0.25) is 20.3 Å². The van der Waals surface area contributed by atoms with E-state index >= 15 is 0 Å². The van der Waals surface area contributed by atoms with Crippen molar-refractivity contribution in [3.63, 3.8) is 0 Å². The van der Waals surface area contributed by atoms with Gasteiger partial charge in [0.05, 0.1) is 5.03 Å². The van der Waals surface area contributed by atoms with E-state index in [0.29, 0.717) is 11.1 Å². The Bertz CT molecular complexity index is 652. The van der Waals surface area contributed by atoms with E-state index in [1.165, 1.54) is 0 Å². The predicted octanol–water partition coefficient (Wildman–Crippen LogP) is 0.991. The Balaban J connectivity index is 2.13. The molecule has 4 N–H and O–H groups in total. The number of hydrogen-bond donors (Lipinski definition) is 3. The lowest BCUT2D eigenvalue weighted by molar-refractivity contribution is -0.110. The molecule has 124 valence electrons. The fraction of sp³-hybridized carbons (Fsp3) is 0.500. The number of nitrogens with one attached hydrogen (secondary N) is 2. The molecular weight excluding hydrogens is 390 g/mol. The number of nitrogens with two attached hydrogens (primary N) is 1. The monoisotopic (exact) mass is 403 g/mol. The summed E-state index contributed by atoms with van der Waals surface area (Å²) in [6.07, 6.45) is 3.99. The average Bonchev–Trinajstić information content (AvgIpc) is 2.94. The van der Waals surface area contributed by atoms with Crippen molar-refractivity contribution in [1.29, 1.82) is 5.41 Å². The number of aromatic nitrogens is 4. The molecule has 1 aliphatic carbocycles. The third-order valence-corrected chi connectivity index (χ3v) is 4.96. The largest absolute Gasteiger partial charge is 0.318 e. The number of allylic oxidation sites excluding steroid dienone is 1. The molecule has 0 bridgehead atoms. The van der Waals surface area contributed by atoms with Gasteiger partial charge in [-0.1, -0.05) is 32.6 Å². The van der Waals surface area contributed by atoms with E-state index in [4.69, 9.17) is 22.9 Å². The van der Waals surface area contributed by atoms with Crippen molar-refractivity contribution in [3.05, 3.63) is 10.6 Å². The quantitative estimate of drug-likeness (QED) is 0.220. The number of nitrogens with zero attached hydrogens (tertiary/aromatic N) is 4. The maximum Gasteiger partial charge on any atom is 0.277 e. The zero-order chi connectivity index (χ0) is 17.0. The van der Waals surface area contributed by atoms with E-state index in [0.717, 1.165) is 30.5 Å². The van der Waals surface area contributed by atoms with Gasteiger partial charge in [0.15, 0.2) is 0 Å². The van der Waals surface area contributed by atoms with E-state index in [2.05, 4.69) is 36.8 Å². The molecule has 1 aliphatic rings. The van der Waals surface area contributed by atoms with Crippen molar-refractivity contribution < 1.29 is 9.59 Å². The molecule has 1 aromatic heterocycles. The number of nitrogen functional groups attached to an aromatic ring is 1. The Kier molecular flexibility index (Phi) is 5.83. The maximum absolute atomic E-state index is 12.0. The Hall–Kier alpha value is -1.81. The molecule has 23 heavy (non-hydrogen) atoms. The summed E-state index contributed by atoms with van der Waals surface area (Å²) in [5, 5.41) is 20.1. The van der Waals surface area contributed by atoms with E-state index in [9.17, 15) is 9.59 Å². The molecule has 1 amide bonds. The summed E-state index contributed by atoms with van der Waals surface area (Å²) in [7, 11) is 0. The van der Waals surface area contributed by atoms with Gasteiger partial charge in [-0.15, -0.1) is 4.79 Å². The number of hydrogen-bond acceptors (Lipinski definition) is 7. The van der Waals surface area contributed by atoms with Crippen LogP contribution in [-0.2, 0) is 9.59 Å². The normalized spacial score (nSPS) is 22.2. The van der Waals surface area contributed by atoms with Crippen LogP contribution in [0.25, 0.3) is 0 Å². The number of alkyl halides is 1. The first-order valence-electron chi connectivity index (χ1n) is 6.86. The van der Waals surface area contributed by atoms with Crippen molar-refractivity contribution in [3.8, 4) is 0 Å². The van der Waals surface area contributed by atoms with Crippen molar-refractivity contribution >= 4 is 51.4 Å². The molecule has 2 rings (SSSR count). The summed E-state index contributed by atoms with van der Waals surface area (Å²) in [6, 6.07) is 0. The minimum absolute atomic E-state index is 0.0539. The molecule has 1 aromatic rings. The molecule has 0 unspecified atom stereocenters. The third-order valence-electron chi connectivity index (χ3n) is 3.64. The minimum Gasteiger partial charge on any atom is -0.318 e. The molecule has 0 spiro atoms. The third kappa shape index (κ3) is 4.14. The van der Waals surface area contributed by atoms with Gasteiger partial charge in [0.2, 0.25) is 0 Å². The van der Waals surface area contributed by atoms with Crippen molar-refractivity contribution in [2.24, 2.45) is 5.92 Å². The van der Waals surface area contributed by atoms with Gasteiger partial charge in [0.1, 0.15) is 12.0 Å². The zero-order valence-electron chi connectivity index (χ0n) is 12.0. The Morgan fingerprint density at radius 2 is 2.09 bits per heavy atom. The molecule has 0 aromatic carbocycles. The van der Waals surface area contributed by atoms with Gasteiger partial charge < -0.3 is 5.84 Å². The molecule has 0 aliphatic heterocycles. The number of carbonyl (C=O) groups is 2. The molecule has 0 radical (unpaired) electrons. The smallest absolute Gasteiger partial charge is 0.277 e. The first kappa shape index (κ1) is 17.5. The standard InChI is InChI=1S/C12H15BrClN7O2/c13-7-3-1-6(2-4-7)8(5-22)9(14)10(15)11(23)17-12-18-19-20-21(12)16/h5-7,15H,1-4,16H2,(H,17,18,20,23)/b9-8-,15-10?. The van der Waals surface area contributed by atoms with Crippen LogP contribution in [0.1, 0.15) is 25.7 Å². The molecule has 1 fully saturated rings. The number of halogens is 2. The summed E-state index contributed by atoms with van der Waals surface area (Å²) in [6.45, 7) is 0. The highest BCUT2D eigenvalue weighted by Gasteiger charge is 2.27. The number of anilines is 1. The lowest BCUT2D eigenvalue weighted by atomic mass is 9.83. The van der Waals surface area contributed by atoms with Gasteiger partial charge in [-0.05, 0) is 42.0 Å². The molecule has 1 saturated carbocycles. The topological polar surface area (TPSA) is 140 Å². The maximum atomic E-state index is 12.0. The van der Waals surface area contributed by atoms with Gasteiger partial charge >= 0.3 is 0 Å². The summed E-state index contributed by atoms with van der Waals surface area (Å²) in [4.78, 5) is 24.6. The van der Waals surface area contributed by atoms with Crippen LogP contribution in [-0.4, -0.2) is 43.0 Å². The zero-order valence-corrected chi connectivity index (χ0v) is 14.3. The number of rotatable bonds is 5. The molecule has 11 heteroatoms. The highest BCUT2D eigenvalue weighted by atomic mass is 79.9. The van der Waals surface area contributed by atoms with Crippen molar-refractivity contribution in [2.75, 3.05) is 11.2 Å². The van der Waals surface area contributed by atoms with Crippen molar-refractivity contribution in [2.45, 2.75) is 30.5 Å². The Morgan fingerprint density at radius 1 is 1.43 bits per heavy atom. The summed E-state index contributed by atoms with van der Waals surface area (Å²) in [5.74, 6) is 4.35. The summed E-state index contributed by atoms with van der Waals surface area (Å²) < 4.78 is 0. The number of amides is 1. The second kappa shape index (κ2) is 7.64. The lowest BCUT2D eigenvalue weighted by Gasteiger charge is -2.25. The lowest BCUT2D eigenvalue weighted by Crippen LogP contribution is -2.28.